The smallest absolute Gasteiger partial charge is 0.338 e. The third kappa shape index (κ3) is 6.15. The van der Waals surface area contributed by atoms with Crippen LogP contribution in [0, 0.1) is 19.8 Å². The van der Waals surface area contributed by atoms with Crippen LogP contribution in [0.2, 0.25) is 0 Å². The van der Waals surface area contributed by atoms with Gasteiger partial charge in [-0.15, -0.1) is 0 Å². The second kappa shape index (κ2) is 10.9. The quantitative estimate of drug-likeness (QED) is 0.588. The molecule has 0 bridgehead atoms. The minimum atomic E-state index is -3.77. The molecule has 1 atom stereocenters. The summed E-state index contributed by atoms with van der Waals surface area (Å²) in [5.74, 6) is -1.10. The van der Waals surface area contributed by atoms with Crippen LogP contribution in [0.5, 0.6) is 0 Å². The van der Waals surface area contributed by atoms with E-state index in [1.165, 1.54) is 17.3 Å². The topological polar surface area (TPSA) is 122 Å². The van der Waals surface area contributed by atoms with Crippen LogP contribution in [0.4, 0.5) is 4.79 Å². The molecule has 1 unspecified atom stereocenters. The largest absolute Gasteiger partial charge is 0.449 e. The van der Waals surface area contributed by atoms with Gasteiger partial charge < -0.3 is 10.1 Å². The van der Waals surface area contributed by atoms with Crippen LogP contribution in [0.25, 0.3) is 0 Å². The van der Waals surface area contributed by atoms with Gasteiger partial charge in [0.2, 0.25) is 10.0 Å². The van der Waals surface area contributed by atoms with Crippen LogP contribution >= 0.6 is 0 Å². The molecule has 1 aliphatic carbocycles. The van der Waals surface area contributed by atoms with Crippen LogP contribution in [0.1, 0.15) is 73.9 Å². The average Bonchev–Trinajstić information content (AvgIpc) is 3.28. The second-order valence-corrected chi connectivity index (χ2v) is 11.4. The molecule has 1 aliphatic heterocycles. The molecule has 9 nitrogen and oxygen atoms in total. The van der Waals surface area contributed by atoms with E-state index in [0.717, 1.165) is 38.5 Å². The summed E-state index contributed by atoms with van der Waals surface area (Å²) < 4.78 is 33.3. The van der Waals surface area contributed by atoms with Crippen molar-refractivity contribution in [3.05, 3.63) is 28.8 Å². The maximum atomic E-state index is 13.3. The van der Waals surface area contributed by atoms with Crippen molar-refractivity contribution in [2.75, 3.05) is 13.1 Å². The highest BCUT2D eigenvalue weighted by molar-refractivity contribution is 7.89. The first-order valence-corrected chi connectivity index (χ1v) is 13.4. The number of piperidine rings is 1. The van der Waals surface area contributed by atoms with E-state index in [9.17, 15) is 22.8 Å². The molecule has 1 saturated carbocycles. The number of rotatable bonds is 6. The van der Waals surface area contributed by atoms with E-state index in [4.69, 9.17) is 4.74 Å². The number of esters is 1. The number of sulfonamides is 1. The summed E-state index contributed by atoms with van der Waals surface area (Å²) in [4.78, 5) is 37.2. The number of imide groups is 1. The van der Waals surface area contributed by atoms with Gasteiger partial charge >= 0.3 is 12.0 Å². The Morgan fingerprint density at radius 1 is 1.06 bits per heavy atom. The van der Waals surface area contributed by atoms with E-state index >= 15 is 0 Å². The number of hydrogen-bond donors (Lipinski definition) is 2. The van der Waals surface area contributed by atoms with Crippen molar-refractivity contribution in [1.82, 2.24) is 14.9 Å². The number of nitrogens with zero attached hydrogens (tertiary/aromatic N) is 1. The van der Waals surface area contributed by atoms with Crippen LogP contribution < -0.4 is 10.6 Å². The van der Waals surface area contributed by atoms with Crippen molar-refractivity contribution in [1.29, 1.82) is 0 Å². The SMILES string of the molecule is Cc1cc(C(=O)OC(C)C(=O)NC(=O)NC2CCCC2)cc(S(=O)(=O)N2CCC(C)CC2)c1C. The number of ether oxygens (including phenoxy) is 1. The summed E-state index contributed by atoms with van der Waals surface area (Å²) in [6.07, 6.45) is 4.18. The molecule has 2 N–H and O–H groups in total. The molecule has 1 aromatic rings. The first kappa shape index (κ1) is 26.2. The number of aryl methyl sites for hydroxylation is 1. The zero-order chi connectivity index (χ0) is 25.0. The summed E-state index contributed by atoms with van der Waals surface area (Å²) in [6.45, 7) is 7.79. The second-order valence-electron chi connectivity index (χ2n) is 9.49. The van der Waals surface area contributed by atoms with Gasteiger partial charge in [-0.3, -0.25) is 10.1 Å². The first-order chi connectivity index (χ1) is 16.0. The summed E-state index contributed by atoms with van der Waals surface area (Å²) in [5, 5.41) is 4.94. The Kier molecular flexibility index (Phi) is 8.35. The molecular formula is C24H35N3O6S. The number of urea groups is 1. The number of carbonyl (C=O) groups excluding carboxylic acids is 3. The van der Waals surface area contributed by atoms with Crippen molar-refractivity contribution in [2.45, 2.75) is 83.3 Å². The van der Waals surface area contributed by atoms with E-state index in [0.29, 0.717) is 30.1 Å². The monoisotopic (exact) mass is 493 g/mol. The Morgan fingerprint density at radius 2 is 1.68 bits per heavy atom. The number of benzene rings is 1. The van der Waals surface area contributed by atoms with Crippen molar-refractivity contribution in [3.8, 4) is 0 Å². The zero-order valence-electron chi connectivity index (χ0n) is 20.3. The van der Waals surface area contributed by atoms with Crippen molar-refractivity contribution in [2.24, 2.45) is 5.92 Å². The molecule has 188 valence electrons. The van der Waals surface area contributed by atoms with Gasteiger partial charge in [-0.1, -0.05) is 19.8 Å². The van der Waals surface area contributed by atoms with E-state index in [-0.39, 0.29) is 16.5 Å². The first-order valence-electron chi connectivity index (χ1n) is 11.9. The lowest BCUT2D eigenvalue weighted by Crippen LogP contribution is -2.47. The number of carbonyl (C=O) groups is 3. The van der Waals surface area contributed by atoms with Gasteiger partial charge in [-0.25, -0.2) is 18.0 Å². The fourth-order valence-corrected chi connectivity index (χ4v) is 6.16. The van der Waals surface area contributed by atoms with E-state index < -0.39 is 34.0 Å². The van der Waals surface area contributed by atoms with Gasteiger partial charge in [0, 0.05) is 19.1 Å². The Morgan fingerprint density at radius 3 is 2.29 bits per heavy atom. The average molecular weight is 494 g/mol. The molecule has 10 heteroatoms. The number of nitrogens with one attached hydrogen (secondary N) is 2. The lowest BCUT2D eigenvalue weighted by Gasteiger charge is -2.30. The molecule has 34 heavy (non-hydrogen) atoms. The van der Waals surface area contributed by atoms with Crippen molar-refractivity contribution in [3.63, 3.8) is 0 Å². The predicted octanol–water partition coefficient (Wildman–Crippen LogP) is 3.04. The van der Waals surface area contributed by atoms with Gasteiger partial charge in [0.25, 0.3) is 5.91 Å². The van der Waals surface area contributed by atoms with Crippen LogP contribution in [-0.4, -0.2) is 55.9 Å². The van der Waals surface area contributed by atoms with Crippen molar-refractivity contribution < 1.29 is 27.5 Å². The molecule has 0 spiro atoms. The van der Waals surface area contributed by atoms with Crippen LogP contribution in [0.15, 0.2) is 17.0 Å². The van der Waals surface area contributed by atoms with Gasteiger partial charge in [0.15, 0.2) is 6.10 Å². The minimum absolute atomic E-state index is 0.0436. The lowest BCUT2D eigenvalue weighted by atomic mass is 10.0. The fraction of sp³-hybridized carbons (Fsp3) is 0.625. The lowest BCUT2D eigenvalue weighted by molar-refractivity contribution is -0.127. The van der Waals surface area contributed by atoms with Gasteiger partial charge in [0.05, 0.1) is 10.5 Å². The maximum Gasteiger partial charge on any atom is 0.338 e. The summed E-state index contributed by atoms with van der Waals surface area (Å²) in [6, 6.07) is 2.29. The highest BCUT2D eigenvalue weighted by Crippen LogP contribution is 2.28. The highest BCUT2D eigenvalue weighted by Gasteiger charge is 2.31. The van der Waals surface area contributed by atoms with Crippen LogP contribution in [-0.2, 0) is 19.6 Å². The maximum absolute atomic E-state index is 13.3. The molecule has 1 heterocycles. The van der Waals surface area contributed by atoms with Crippen molar-refractivity contribution >= 4 is 27.9 Å². The molecule has 2 aliphatic rings. The Hall–Kier alpha value is -2.46. The third-order valence-corrected chi connectivity index (χ3v) is 8.82. The summed E-state index contributed by atoms with van der Waals surface area (Å²) in [7, 11) is -3.77. The zero-order valence-corrected chi connectivity index (χ0v) is 21.2. The van der Waals surface area contributed by atoms with Gasteiger partial charge in [0.1, 0.15) is 0 Å². The van der Waals surface area contributed by atoms with Crippen LogP contribution in [0.3, 0.4) is 0 Å². The molecule has 3 rings (SSSR count). The van der Waals surface area contributed by atoms with E-state index in [2.05, 4.69) is 17.6 Å². The number of amides is 3. The Labute approximate surface area is 201 Å². The Bertz CT molecular complexity index is 1040. The normalized spacial score (nSPS) is 18.9. The molecule has 0 aromatic heterocycles. The molecular weight excluding hydrogens is 458 g/mol. The standard InChI is InChI=1S/C24H35N3O6S/c1-15-9-11-27(12-10-15)34(31,32)21-14-19(13-16(2)17(21)3)23(29)33-18(4)22(28)26-24(30)25-20-7-5-6-8-20/h13-15,18,20H,5-12H2,1-4H3,(H2,25,26,28,30). The van der Waals surface area contributed by atoms with E-state index in [1.807, 2.05) is 0 Å². The Balaban J connectivity index is 1.69. The number of hydrogen-bond acceptors (Lipinski definition) is 6. The molecule has 0 radical (unpaired) electrons. The van der Waals surface area contributed by atoms with Gasteiger partial charge in [-0.05, 0) is 75.6 Å². The third-order valence-electron chi connectivity index (χ3n) is 6.80. The highest BCUT2D eigenvalue weighted by atomic mass is 32.2. The summed E-state index contributed by atoms with van der Waals surface area (Å²) in [5.41, 5.74) is 1.25. The molecule has 1 saturated heterocycles. The predicted molar refractivity (Wildman–Crippen MR) is 127 cm³/mol. The summed E-state index contributed by atoms with van der Waals surface area (Å²) >= 11 is 0. The van der Waals surface area contributed by atoms with Gasteiger partial charge in [-0.2, -0.15) is 4.31 Å². The molecule has 1 aromatic carbocycles. The molecule has 3 amide bonds. The minimum Gasteiger partial charge on any atom is -0.449 e. The fourth-order valence-electron chi connectivity index (χ4n) is 4.36. The van der Waals surface area contributed by atoms with E-state index in [1.54, 1.807) is 19.9 Å². The molecule has 2 fully saturated rings.